The van der Waals surface area contributed by atoms with E-state index in [1.165, 1.54) is 12.1 Å². The number of amides is 2. The fourth-order valence-electron chi connectivity index (χ4n) is 4.09. The first-order valence-electron chi connectivity index (χ1n) is 11.1. The van der Waals surface area contributed by atoms with E-state index < -0.39 is 42.2 Å². The molecule has 2 heterocycles. The summed E-state index contributed by atoms with van der Waals surface area (Å²) < 4.78 is 10.3. The van der Waals surface area contributed by atoms with Crippen molar-refractivity contribution < 1.29 is 33.4 Å². The maximum Gasteiger partial charge on any atom is 0.340 e. The first kappa shape index (κ1) is 24.9. The van der Waals surface area contributed by atoms with Crippen molar-refractivity contribution in [3.8, 4) is 0 Å². The van der Waals surface area contributed by atoms with Gasteiger partial charge in [-0.3, -0.25) is 19.3 Å². The number of nitrogens with one attached hydrogen (secondary N) is 1. The second-order valence-corrected chi connectivity index (χ2v) is 8.55. The lowest BCUT2D eigenvalue weighted by atomic mass is 10.0. The van der Waals surface area contributed by atoms with Gasteiger partial charge in [-0.2, -0.15) is 0 Å². The first-order valence-corrected chi connectivity index (χ1v) is 11.1. The van der Waals surface area contributed by atoms with Gasteiger partial charge in [0.05, 0.1) is 29.0 Å². The minimum atomic E-state index is -1.17. The molecule has 1 aliphatic rings. The maximum absolute atomic E-state index is 13.0. The zero-order chi connectivity index (χ0) is 25.2. The highest BCUT2D eigenvalue weighted by molar-refractivity contribution is 6.22. The monoisotopic (exact) mass is 468 g/mol. The number of aryl methyl sites for hydroxylation is 1. The van der Waals surface area contributed by atoms with Gasteiger partial charge in [-0.05, 0) is 50.8 Å². The number of esters is 2. The standard InChI is InChI=1S/C25H28N2O7/c1-6-33-25(32)20-14(4)21(26-15(20)5)19(28)12-34-24(31)18(11-13(2)3)27-22(29)16-9-7-8-10-17(16)23(27)30/h7-10,13,18,26H,6,11-12H2,1-5H3. The number of fused-ring (bicyclic) bond motifs is 1. The van der Waals surface area contributed by atoms with Gasteiger partial charge >= 0.3 is 11.9 Å². The Labute approximate surface area is 197 Å². The van der Waals surface area contributed by atoms with Crippen molar-refractivity contribution >= 4 is 29.5 Å². The highest BCUT2D eigenvalue weighted by Gasteiger charge is 2.43. The molecule has 0 radical (unpaired) electrons. The van der Waals surface area contributed by atoms with Crippen LogP contribution in [0.2, 0.25) is 0 Å². The summed E-state index contributed by atoms with van der Waals surface area (Å²) >= 11 is 0. The number of hydrogen-bond acceptors (Lipinski definition) is 7. The summed E-state index contributed by atoms with van der Waals surface area (Å²) in [6.45, 7) is 8.21. The molecule has 0 saturated carbocycles. The molecule has 1 aromatic carbocycles. The molecule has 2 aromatic rings. The topological polar surface area (TPSA) is 123 Å². The van der Waals surface area contributed by atoms with Gasteiger partial charge in [0, 0.05) is 5.69 Å². The van der Waals surface area contributed by atoms with Gasteiger partial charge in [-0.25, -0.2) is 9.59 Å². The van der Waals surface area contributed by atoms with Crippen LogP contribution in [0.1, 0.15) is 80.0 Å². The number of carbonyl (C=O) groups excluding carboxylic acids is 5. The number of aromatic nitrogens is 1. The third kappa shape index (κ3) is 4.64. The van der Waals surface area contributed by atoms with Crippen LogP contribution in [-0.4, -0.2) is 58.7 Å². The number of rotatable bonds is 9. The summed E-state index contributed by atoms with van der Waals surface area (Å²) in [5, 5.41) is 0. The van der Waals surface area contributed by atoms with Crippen molar-refractivity contribution in [3.05, 3.63) is 57.9 Å². The van der Waals surface area contributed by atoms with Crippen molar-refractivity contribution in [1.29, 1.82) is 0 Å². The Bertz CT molecular complexity index is 1130. The number of ketones is 1. The molecule has 9 nitrogen and oxygen atoms in total. The molecule has 1 N–H and O–H groups in total. The quantitative estimate of drug-likeness (QED) is 0.340. The smallest absolute Gasteiger partial charge is 0.340 e. The minimum Gasteiger partial charge on any atom is -0.462 e. The molecule has 180 valence electrons. The van der Waals surface area contributed by atoms with E-state index >= 15 is 0 Å². The predicted octanol–water partition coefficient (Wildman–Crippen LogP) is 3.25. The second kappa shape index (κ2) is 10.0. The van der Waals surface area contributed by atoms with Crippen LogP contribution in [0.15, 0.2) is 24.3 Å². The van der Waals surface area contributed by atoms with Crippen molar-refractivity contribution in [2.75, 3.05) is 13.2 Å². The number of nitrogens with zero attached hydrogens (tertiary/aromatic N) is 1. The fourth-order valence-corrected chi connectivity index (χ4v) is 4.09. The summed E-state index contributed by atoms with van der Waals surface area (Å²) in [6, 6.07) is 5.20. The lowest BCUT2D eigenvalue weighted by Crippen LogP contribution is -2.46. The molecule has 0 aliphatic carbocycles. The van der Waals surface area contributed by atoms with Crippen molar-refractivity contribution in [1.82, 2.24) is 9.88 Å². The molecule has 1 aliphatic heterocycles. The molecule has 9 heteroatoms. The zero-order valence-corrected chi connectivity index (χ0v) is 19.9. The molecule has 0 spiro atoms. The Hall–Kier alpha value is -3.75. The van der Waals surface area contributed by atoms with Crippen molar-refractivity contribution in [2.45, 2.75) is 47.1 Å². The molecule has 0 bridgehead atoms. The van der Waals surface area contributed by atoms with E-state index in [-0.39, 0.29) is 41.3 Å². The van der Waals surface area contributed by atoms with Crippen LogP contribution in [0.5, 0.6) is 0 Å². The SMILES string of the molecule is CCOC(=O)c1c(C)[nH]c(C(=O)COC(=O)C(CC(C)C)N2C(=O)c3ccccc3C2=O)c1C. The van der Waals surface area contributed by atoms with E-state index in [0.29, 0.717) is 11.3 Å². The average Bonchev–Trinajstić information content (AvgIpc) is 3.23. The van der Waals surface area contributed by atoms with Gasteiger partial charge in [-0.1, -0.05) is 26.0 Å². The zero-order valence-electron chi connectivity index (χ0n) is 19.9. The van der Waals surface area contributed by atoms with Crippen LogP contribution in [-0.2, 0) is 14.3 Å². The Morgan fingerprint density at radius 2 is 1.59 bits per heavy atom. The van der Waals surface area contributed by atoms with Gasteiger partial charge in [0.2, 0.25) is 5.78 Å². The van der Waals surface area contributed by atoms with Crippen LogP contribution in [0.3, 0.4) is 0 Å². The largest absolute Gasteiger partial charge is 0.462 e. The molecule has 1 atom stereocenters. The molecular formula is C25H28N2O7. The summed E-state index contributed by atoms with van der Waals surface area (Å²) in [5.41, 5.74) is 1.73. The van der Waals surface area contributed by atoms with Crippen LogP contribution in [0, 0.1) is 19.8 Å². The summed E-state index contributed by atoms with van der Waals surface area (Å²) in [5.74, 6) is -3.10. The molecule has 0 saturated heterocycles. The molecular weight excluding hydrogens is 440 g/mol. The van der Waals surface area contributed by atoms with Gasteiger partial charge in [0.25, 0.3) is 11.8 Å². The van der Waals surface area contributed by atoms with E-state index in [0.717, 1.165) is 4.90 Å². The van der Waals surface area contributed by atoms with E-state index in [4.69, 9.17) is 9.47 Å². The van der Waals surface area contributed by atoms with E-state index in [1.54, 1.807) is 32.9 Å². The molecule has 3 rings (SSSR count). The Morgan fingerprint density at radius 1 is 1.00 bits per heavy atom. The highest BCUT2D eigenvalue weighted by Crippen LogP contribution is 2.27. The number of Topliss-reactive ketones (excluding diaryl/α,β-unsaturated/α-hetero) is 1. The van der Waals surface area contributed by atoms with E-state index in [9.17, 15) is 24.0 Å². The van der Waals surface area contributed by atoms with Crippen LogP contribution >= 0.6 is 0 Å². The molecule has 34 heavy (non-hydrogen) atoms. The number of carbonyl (C=O) groups is 5. The minimum absolute atomic E-state index is 0.0296. The van der Waals surface area contributed by atoms with E-state index in [2.05, 4.69) is 4.98 Å². The van der Waals surface area contributed by atoms with Crippen LogP contribution in [0.25, 0.3) is 0 Å². The van der Waals surface area contributed by atoms with Gasteiger partial charge < -0.3 is 14.5 Å². The third-order valence-corrected chi connectivity index (χ3v) is 5.65. The molecule has 1 unspecified atom stereocenters. The summed E-state index contributed by atoms with van der Waals surface area (Å²) in [6.07, 6.45) is 0.187. The molecule has 0 fully saturated rings. The van der Waals surface area contributed by atoms with Crippen molar-refractivity contribution in [3.63, 3.8) is 0 Å². The fraction of sp³-hybridized carbons (Fsp3) is 0.400. The Morgan fingerprint density at radius 3 is 2.12 bits per heavy atom. The number of ether oxygens (including phenoxy) is 2. The third-order valence-electron chi connectivity index (χ3n) is 5.65. The van der Waals surface area contributed by atoms with Crippen LogP contribution < -0.4 is 0 Å². The lowest BCUT2D eigenvalue weighted by Gasteiger charge is -2.25. The summed E-state index contributed by atoms with van der Waals surface area (Å²) in [7, 11) is 0. The number of hydrogen-bond donors (Lipinski definition) is 1. The van der Waals surface area contributed by atoms with Gasteiger partial charge in [0.1, 0.15) is 6.04 Å². The Kier molecular flexibility index (Phi) is 7.34. The maximum atomic E-state index is 13.0. The molecule has 1 aromatic heterocycles. The normalized spacial score (nSPS) is 13.8. The number of aromatic amines is 1. The van der Waals surface area contributed by atoms with Crippen LogP contribution in [0.4, 0.5) is 0 Å². The summed E-state index contributed by atoms with van der Waals surface area (Å²) in [4.78, 5) is 67.5. The molecule has 2 amide bonds. The lowest BCUT2D eigenvalue weighted by molar-refractivity contribution is -0.147. The predicted molar refractivity (Wildman–Crippen MR) is 122 cm³/mol. The van der Waals surface area contributed by atoms with Gasteiger partial charge in [-0.15, -0.1) is 0 Å². The Balaban J connectivity index is 1.77. The average molecular weight is 469 g/mol. The number of H-pyrrole nitrogens is 1. The van der Waals surface area contributed by atoms with E-state index in [1.807, 2.05) is 13.8 Å². The first-order chi connectivity index (χ1) is 16.1. The highest BCUT2D eigenvalue weighted by atomic mass is 16.5. The van der Waals surface area contributed by atoms with Gasteiger partial charge in [0.15, 0.2) is 6.61 Å². The number of benzene rings is 1. The van der Waals surface area contributed by atoms with Crippen molar-refractivity contribution in [2.24, 2.45) is 5.92 Å². The second-order valence-electron chi connectivity index (χ2n) is 8.55. The number of imide groups is 1.